The lowest BCUT2D eigenvalue weighted by molar-refractivity contribution is -0.123. The molecule has 0 aliphatic carbocycles. The fraction of sp³-hybridized carbons (Fsp3) is 0.368. The summed E-state index contributed by atoms with van der Waals surface area (Å²) in [5.41, 5.74) is 1.61. The monoisotopic (exact) mass is 359 g/mol. The van der Waals surface area contributed by atoms with Gasteiger partial charge in [0.2, 0.25) is 0 Å². The number of fused-ring (bicyclic) bond motifs is 1. The van der Waals surface area contributed by atoms with Crippen molar-refractivity contribution < 1.29 is 28.2 Å². The molecule has 1 N–H and O–H groups in total. The van der Waals surface area contributed by atoms with Crippen LogP contribution in [0.3, 0.4) is 0 Å². The third-order valence-electron chi connectivity index (χ3n) is 4.23. The number of carbonyl (C=O) groups excluding carboxylic acids is 2. The first-order valence-electron chi connectivity index (χ1n) is 8.35. The molecule has 1 aromatic heterocycles. The third-order valence-corrected chi connectivity index (χ3v) is 4.23. The first-order valence-corrected chi connectivity index (χ1v) is 8.35. The molecule has 1 unspecified atom stereocenters. The average molecular weight is 359 g/mol. The van der Waals surface area contributed by atoms with Crippen LogP contribution in [0.1, 0.15) is 34.4 Å². The lowest BCUT2D eigenvalue weighted by Gasteiger charge is -2.19. The van der Waals surface area contributed by atoms with E-state index in [1.54, 1.807) is 39.0 Å². The Balaban J connectivity index is 1.65. The number of furan rings is 1. The molecule has 0 radical (unpaired) electrons. The van der Waals surface area contributed by atoms with Gasteiger partial charge < -0.3 is 23.9 Å². The molecule has 0 spiro atoms. The molecular weight excluding hydrogens is 338 g/mol. The van der Waals surface area contributed by atoms with E-state index in [0.717, 1.165) is 0 Å². The second-order valence-electron chi connectivity index (χ2n) is 6.11. The number of hydrogen-bond donors (Lipinski definition) is 1. The van der Waals surface area contributed by atoms with Gasteiger partial charge in [0.15, 0.2) is 17.6 Å². The zero-order valence-corrected chi connectivity index (χ0v) is 15.2. The Labute approximate surface area is 151 Å². The van der Waals surface area contributed by atoms with Crippen LogP contribution in [-0.2, 0) is 9.53 Å². The number of anilines is 1. The largest absolute Gasteiger partial charge is 0.486 e. The van der Waals surface area contributed by atoms with E-state index in [2.05, 4.69) is 5.32 Å². The van der Waals surface area contributed by atoms with Gasteiger partial charge >= 0.3 is 5.97 Å². The highest BCUT2D eigenvalue weighted by molar-refractivity contribution is 5.98. The maximum Gasteiger partial charge on any atom is 0.342 e. The Hall–Kier alpha value is -2.96. The quantitative estimate of drug-likeness (QED) is 0.844. The fourth-order valence-electron chi connectivity index (χ4n) is 2.73. The van der Waals surface area contributed by atoms with Crippen molar-refractivity contribution in [2.75, 3.05) is 18.5 Å². The molecular formula is C19H21NO6. The summed E-state index contributed by atoms with van der Waals surface area (Å²) in [5.74, 6) is 1.31. The van der Waals surface area contributed by atoms with Gasteiger partial charge in [-0.25, -0.2) is 4.79 Å². The van der Waals surface area contributed by atoms with E-state index >= 15 is 0 Å². The molecule has 7 nitrogen and oxygen atoms in total. The Bertz CT molecular complexity index is 854. The second kappa shape index (κ2) is 7.11. The van der Waals surface area contributed by atoms with Crippen LogP contribution in [0.25, 0.3) is 0 Å². The van der Waals surface area contributed by atoms with Crippen LogP contribution in [0.15, 0.2) is 22.6 Å². The van der Waals surface area contributed by atoms with Gasteiger partial charge in [-0.15, -0.1) is 0 Å². The van der Waals surface area contributed by atoms with Crippen molar-refractivity contribution in [2.45, 2.75) is 33.8 Å². The maximum atomic E-state index is 12.4. The molecule has 1 amide bonds. The number of benzene rings is 1. The zero-order chi connectivity index (χ0) is 18.8. The number of nitrogens with one attached hydrogen (secondary N) is 1. The van der Waals surface area contributed by atoms with E-state index in [1.165, 1.54) is 6.92 Å². The first kappa shape index (κ1) is 17.8. The summed E-state index contributed by atoms with van der Waals surface area (Å²) in [6.07, 6.45) is -0.968. The van der Waals surface area contributed by atoms with Gasteiger partial charge in [0.25, 0.3) is 5.91 Å². The molecule has 1 aromatic carbocycles. The molecule has 1 aliphatic heterocycles. The Morgan fingerprint density at radius 1 is 1.08 bits per heavy atom. The summed E-state index contributed by atoms with van der Waals surface area (Å²) in [5, 5.41) is 2.71. The second-order valence-corrected chi connectivity index (χ2v) is 6.11. The molecule has 26 heavy (non-hydrogen) atoms. The number of carbonyl (C=O) groups is 2. The van der Waals surface area contributed by atoms with Crippen molar-refractivity contribution in [1.29, 1.82) is 0 Å². The number of amides is 1. The van der Waals surface area contributed by atoms with Crippen molar-refractivity contribution in [1.82, 2.24) is 0 Å². The molecule has 0 saturated heterocycles. The Kier molecular flexibility index (Phi) is 4.88. The van der Waals surface area contributed by atoms with Gasteiger partial charge in [-0.1, -0.05) is 0 Å². The van der Waals surface area contributed by atoms with Gasteiger partial charge in [-0.2, -0.15) is 0 Å². The summed E-state index contributed by atoms with van der Waals surface area (Å²) in [6, 6.07) is 5.10. The van der Waals surface area contributed by atoms with E-state index in [9.17, 15) is 9.59 Å². The van der Waals surface area contributed by atoms with E-state index < -0.39 is 18.0 Å². The van der Waals surface area contributed by atoms with Crippen LogP contribution in [0, 0.1) is 20.8 Å². The van der Waals surface area contributed by atoms with Crippen LogP contribution in [0.5, 0.6) is 11.5 Å². The highest BCUT2D eigenvalue weighted by Crippen LogP contribution is 2.32. The molecule has 0 saturated carbocycles. The standard InChI is InChI=1S/C19H21NO6/c1-10-11(2)25-12(3)17(10)19(22)26-13(4)18(21)20-14-5-6-15-16(9-14)24-8-7-23-15/h5-6,9,13H,7-8H2,1-4H3,(H,20,21). The van der Waals surface area contributed by atoms with Gasteiger partial charge in [0.05, 0.1) is 0 Å². The van der Waals surface area contributed by atoms with E-state index in [-0.39, 0.29) is 0 Å². The molecule has 3 rings (SSSR count). The molecule has 1 aliphatic rings. The number of esters is 1. The minimum atomic E-state index is -0.968. The molecule has 2 aromatic rings. The fourth-order valence-corrected chi connectivity index (χ4v) is 2.73. The van der Waals surface area contributed by atoms with Gasteiger partial charge in [-0.3, -0.25) is 4.79 Å². The molecule has 0 bridgehead atoms. The highest BCUT2D eigenvalue weighted by atomic mass is 16.6. The summed E-state index contributed by atoms with van der Waals surface area (Å²) in [4.78, 5) is 24.7. The summed E-state index contributed by atoms with van der Waals surface area (Å²) in [7, 11) is 0. The molecule has 138 valence electrons. The van der Waals surface area contributed by atoms with Crippen LogP contribution in [-0.4, -0.2) is 31.2 Å². The predicted octanol–water partition coefficient (Wildman–Crippen LogP) is 3.16. The third kappa shape index (κ3) is 3.51. The van der Waals surface area contributed by atoms with Crippen molar-refractivity contribution in [3.8, 4) is 11.5 Å². The predicted molar refractivity (Wildman–Crippen MR) is 93.9 cm³/mol. The van der Waals surface area contributed by atoms with Crippen LogP contribution in [0.2, 0.25) is 0 Å². The molecule has 2 heterocycles. The Morgan fingerprint density at radius 3 is 2.42 bits per heavy atom. The van der Waals surface area contributed by atoms with Crippen LogP contribution < -0.4 is 14.8 Å². The SMILES string of the molecule is Cc1oc(C)c(C(=O)OC(C)C(=O)Nc2ccc3c(c2)OCCO3)c1C. The van der Waals surface area contributed by atoms with Crippen molar-refractivity contribution in [3.63, 3.8) is 0 Å². The normalized spacial score (nSPS) is 13.8. The lowest BCUT2D eigenvalue weighted by atomic mass is 10.1. The van der Waals surface area contributed by atoms with E-state index in [4.69, 9.17) is 18.6 Å². The lowest BCUT2D eigenvalue weighted by Crippen LogP contribution is -2.30. The van der Waals surface area contributed by atoms with E-state index in [1.807, 2.05) is 0 Å². The highest BCUT2D eigenvalue weighted by Gasteiger charge is 2.25. The smallest absolute Gasteiger partial charge is 0.342 e. The average Bonchev–Trinajstić information content (AvgIpc) is 2.86. The van der Waals surface area contributed by atoms with Crippen LogP contribution >= 0.6 is 0 Å². The number of aryl methyl sites for hydroxylation is 2. The molecule has 7 heteroatoms. The number of rotatable bonds is 4. The van der Waals surface area contributed by atoms with Crippen molar-refractivity contribution in [2.24, 2.45) is 0 Å². The minimum absolute atomic E-state index is 0.362. The molecule has 1 atom stereocenters. The number of ether oxygens (including phenoxy) is 3. The van der Waals surface area contributed by atoms with Gasteiger partial charge in [0, 0.05) is 17.3 Å². The summed E-state index contributed by atoms with van der Waals surface area (Å²) >= 11 is 0. The topological polar surface area (TPSA) is 87.0 Å². The van der Waals surface area contributed by atoms with E-state index in [0.29, 0.717) is 53.0 Å². The molecule has 0 fully saturated rings. The first-order chi connectivity index (χ1) is 12.4. The minimum Gasteiger partial charge on any atom is -0.486 e. The van der Waals surface area contributed by atoms with Gasteiger partial charge in [-0.05, 0) is 39.8 Å². The van der Waals surface area contributed by atoms with Crippen LogP contribution in [0.4, 0.5) is 5.69 Å². The summed E-state index contributed by atoms with van der Waals surface area (Å²) < 4.78 is 21.6. The zero-order valence-electron chi connectivity index (χ0n) is 15.2. The van der Waals surface area contributed by atoms with Gasteiger partial charge in [0.1, 0.15) is 30.3 Å². The number of hydrogen-bond acceptors (Lipinski definition) is 6. The van der Waals surface area contributed by atoms with Crippen molar-refractivity contribution >= 4 is 17.6 Å². The van der Waals surface area contributed by atoms with Crippen molar-refractivity contribution in [3.05, 3.63) is 40.8 Å². The maximum absolute atomic E-state index is 12.4. The summed E-state index contributed by atoms with van der Waals surface area (Å²) in [6.45, 7) is 7.72. The Morgan fingerprint density at radius 2 is 1.77 bits per heavy atom.